The van der Waals surface area contributed by atoms with Crippen LogP contribution in [0.5, 0.6) is 0 Å². The van der Waals surface area contributed by atoms with Gasteiger partial charge in [-0.2, -0.15) is 0 Å². The lowest BCUT2D eigenvalue weighted by atomic mass is 9.40. The molecule has 2 heteroatoms. The molecule has 4 aliphatic carbocycles. The summed E-state index contributed by atoms with van der Waals surface area (Å²) in [5.41, 5.74) is 0.977. The minimum Gasteiger partial charge on any atom is -0.298 e. The fourth-order valence-electron chi connectivity index (χ4n) is 5.90. The van der Waals surface area contributed by atoms with Crippen molar-refractivity contribution in [2.45, 2.75) is 52.4 Å². The molecule has 4 fully saturated rings. The van der Waals surface area contributed by atoms with Gasteiger partial charge in [0.2, 0.25) is 0 Å². The summed E-state index contributed by atoms with van der Waals surface area (Å²) in [6, 6.07) is 0. The second kappa shape index (κ2) is 3.13. The van der Waals surface area contributed by atoms with E-state index < -0.39 is 0 Å². The molecule has 4 aliphatic rings. The number of ketones is 1. The number of rotatable bonds is 2. The number of carbonyl (C=O) groups excluding carboxylic acids is 1. The molecule has 0 aromatic heterocycles. The molecule has 0 saturated heterocycles. The van der Waals surface area contributed by atoms with E-state index in [0.29, 0.717) is 21.9 Å². The van der Waals surface area contributed by atoms with E-state index in [2.05, 4.69) is 29.8 Å². The highest BCUT2D eigenvalue weighted by Crippen LogP contribution is 2.69. The van der Waals surface area contributed by atoms with E-state index in [1.54, 1.807) is 0 Å². The van der Waals surface area contributed by atoms with E-state index in [9.17, 15) is 4.79 Å². The van der Waals surface area contributed by atoms with Crippen LogP contribution in [0.1, 0.15) is 52.4 Å². The average molecular weight is 285 g/mol. The van der Waals surface area contributed by atoms with Gasteiger partial charge in [0, 0.05) is 5.41 Å². The fraction of sp³-hybridized carbons (Fsp3) is 0.929. The van der Waals surface area contributed by atoms with Crippen molar-refractivity contribution in [1.29, 1.82) is 0 Å². The van der Waals surface area contributed by atoms with E-state index in [1.807, 2.05) is 0 Å². The number of Topliss-reactive ketones (excluding diaryl/α,β-unsaturated/α-hetero) is 1. The molecule has 4 rings (SSSR count). The summed E-state index contributed by atoms with van der Waals surface area (Å²) in [7, 11) is 0. The SMILES string of the molecule is CC12CC3CC(C)(C1)CC(C(=O)CBr)(C3)C2. The maximum Gasteiger partial charge on any atom is 0.149 e. The summed E-state index contributed by atoms with van der Waals surface area (Å²) in [6.45, 7) is 4.85. The Labute approximate surface area is 106 Å². The molecule has 1 nitrogen and oxygen atoms in total. The lowest BCUT2D eigenvalue weighted by molar-refractivity contribution is -0.165. The van der Waals surface area contributed by atoms with Crippen molar-refractivity contribution in [3.63, 3.8) is 0 Å². The third-order valence-electron chi connectivity index (χ3n) is 5.34. The van der Waals surface area contributed by atoms with Gasteiger partial charge in [0.1, 0.15) is 5.78 Å². The Morgan fingerprint density at radius 2 is 1.69 bits per heavy atom. The molecule has 4 saturated carbocycles. The molecule has 0 N–H and O–H groups in total. The molecule has 0 heterocycles. The first-order chi connectivity index (χ1) is 7.39. The number of halogens is 1. The molecule has 0 aromatic carbocycles. The van der Waals surface area contributed by atoms with Crippen LogP contribution in [0, 0.1) is 22.2 Å². The maximum atomic E-state index is 12.3. The minimum atomic E-state index is 0.0480. The first-order valence-corrected chi connectivity index (χ1v) is 7.60. The van der Waals surface area contributed by atoms with Crippen LogP contribution in [0.15, 0.2) is 0 Å². The van der Waals surface area contributed by atoms with Gasteiger partial charge in [0.25, 0.3) is 0 Å². The second-order valence-corrected chi connectivity index (χ2v) is 8.03. The van der Waals surface area contributed by atoms with Gasteiger partial charge in [-0.15, -0.1) is 0 Å². The average Bonchev–Trinajstić information content (AvgIpc) is 2.10. The van der Waals surface area contributed by atoms with Crippen LogP contribution in [0.4, 0.5) is 0 Å². The van der Waals surface area contributed by atoms with Crippen molar-refractivity contribution >= 4 is 21.7 Å². The zero-order valence-electron chi connectivity index (χ0n) is 10.3. The van der Waals surface area contributed by atoms with E-state index in [-0.39, 0.29) is 5.41 Å². The van der Waals surface area contributed by atoms with Gasteiger partial charge in [-0.3, -0.25) is 4.79 Å². The predicted octanol–water partition coefficient (Wildman–Crippen LogP) is 3.95. The lowest BCUT2D eigenvalue weighted by Crippen LogP contribution is -2.57. The molecular formula is C14H21BrO. The van der Waals surface area contributed by atoms with Crippen molar-refractivity contribution in [2.24, 2.45) is 22.2 Å². The lowest BCUT2D eigenvalue weighted by Gasteiger charge is -2.64. The Bertz CT molecular complexity index is 331. The van der Waals surface area contributed by atoms with Gasteiger partial charge >= 0.3 is 0 Å². The van der Waals surface area contributed by atoms with Crippen LogP contribution in [0.2, 0.25) is 0 Å². The third-order valence-corrected chi connectivity index (χ3v) is 5.85. The fourth-order valence-corrected chi connectivity index (χ4v) is 6.50. The van der Waals surface area contributed by atoms with Crippen molar-refractivity contribution in [3.8, 4) is 0 Å². The quantitative estimate of drug-likeness (QED) is 0.702. The Morgan fingerprint density at radius 1 is 1.12 bits per heavy atom. The molecule has 4 bridgehead atoms. The summed E-state index contributed by atoms with van der Waals surface area (Å²) < 4.78 is 0. The number of alkyl halides is 1. The van der Waals surface area contributed by atoms with Crippen molar-refractivity contribution in [2.75, 3.05) is 5.33 Å². The zero-order valence-corrected chi connectivity index (χ0v) is 11.9. The second-order valence-electron chi connectivity index (χ2n) is 7.47. The largest absolute Gasteiger partial charge is 0.298 e. The summed E-state index contributed by atoms with van der Waals surface area (Å²) in [4.78, 5) is 12.3. The molecule has 0 aromatic rings. The van der Waals surface area contributed by atoms with E-state index >= 15 is 0 Å². The van der Waals surface area contributed by atoms with Crippen molar-refractivity contribution < 1.29 is 4.79 Å². The highest BCUT2D eigenvalue weighted by molar-refractivity contribution is 9.09. The Kier molecular flexibility index (Phi) is 2.20. The standard InChI is InChI=1S/C14H21BrO/c1-12-3-10-4-13(2,7-12)9-14(5-10,8-12)11(16)6-15/h10H,3-9H2,1-2H3. The number of hydrogen-bond donors (Lipinski definition) is 0. The monoisotopic (exact) mass is 284 g/mol. The van der Waals surface area contributed by atoms with Gasteiger partial charge in [-0.1, -0.05) is 29.8 Å². The first-order valence-electron chi connectivity index (χ1n) is 6.48. The Hall–Kier alpha value is 0.150. The molecule has 16 heavy (non-hydrogen) atoms. The molecule has 0 aliphatic heterocycles. The van der Waals surface area contributed by atoms with Gasteiger partial charge in [0.15, 0.2) is 0 Å². The molecule has 0 radical (unpaired) electrons. The van der Waals surface area contributed by atoms with Gasteiger partial charge in [-0.05, 0) is 55.3 Å². The highest BCUT2D eigenvalue weighted by Gasteiger charge is 2.62. The molecule has 2 unspecified atom stereocenters. The van der Waals surface area contributed by atoms with E-state index in [1.165, 1.54) is 25.7 Å². The van der Waals surface area contributed by atoms with Crippen LogP contribution in [0.25, 0.3) is 0 Å². The number of hydrogen-bond acceptors (Lipinski definition) is 1. The summed E-state index contributed by atoms with van der Waals surface area (Å²) in [5.74, 6) is 1.31. The van der Waals surface area contributed by atoms with Crippen LogP contribution in [-0.2, 0) is 4.79 Å². The highest BCUT2D eigenvalue weighted by atomic mass is 79.9. The predicted molar refractivity (Wildman–Crippen MR) is 68.6 cm³/mol. The minimum absolute atomic E-state index is 0.0480. The summed E-state index contributed by atoms with van der Waals surface area (Å²) >= 11 is 3.39. The van der Waals surface area contributed by atoms with Crippen molar-refractivity contribution in [1.82, 2.24) is 0 Å². The normalized spacial score (nSPS) is 54.3. The molecular weight excluding hydrogens is 264 g/mol. The van der Waals surface area contributed by atoms with E-state index in [4.69, 9.17) is 0 Å². The number of carbonyl (C=O) groups is 1. The van der Waals surface area contributed by atoms with Gasteiger partial charge < -0.3 is 0 Å². The van der Waals surface area contributed by atoms with E-state index in [0.717, 1.165) is 18.8 Å². The van der Waals surface area contributed by atoms with Crippen LogP contribution >= 0.6 is 15.9 Å². The smallest absolute Gasteiger partial charge is 0.149 e. The zero-order chi connectivity index (χ0) is 11.6. The van der Waals surface area contributed by atoms with Gasteiger partial charge in [0.05, 0.1) is 5.33 Å². The maximum absolute atomic E-state index is 12.3. The molecule has 0 amide bonds. The van der Waals surface area contributed by atoms with Crippen LogP contribution in [0.3, 0.4) is 0 Å². The first kappa shape index (κ1) is 11.3. The molecule has 0 spiro atoms. The van der Waals surface area contributed by atoms with Crippen molar-refractivity contribution in [3.05, 3.63) is 0 Å². The summed E-state index contributed by atoms with van der Waals surface area (Å²) in [5, 5.41) is 0.561. The van der Waals surface area contributed by atoms with Crippen LogP contribution in [-0.4, -0.2) is 11.1 Å². The summed E-state index contributed by atoms with van der Waals surface area (Å²) in [6.07, 6.45) is 7.61. The topological polar surface area (TPSA) is 17.1 Å². The van der Waals surface area contributed by atoms with Gasteiger partial charge in [-0.25, -0.2) is 0 Å². The molecule has 90 valence electrons. The molecule has 2 atom stereocenters. The third kappa shape index (κ3) is 1.45. The van der Waals surface area contributed by atoms with Crippen LogP contribution < -0.4 is 0 Å². The Morgan fingerprint density at radius 3 is 2.12 bits per heavy atom. The Balaban J connectivity index is 2.01.